The molecule has 0 aliphatic rings. The minimum atomic E-state index is -1.09. The van der Waals surface area contributed by atoms with Crippen molar-refractivity contribution in [1.29, 1.82) is 0 Å². The molecular weight excluding hydrogens is 665 g/mol. The number of imidazole rings is 2. The highest BCUT2D eigenvalue weighted by Crippen LogP contribution is 2.24. The average molecular weight is 735 g/mol. The lowest BCUT2D eigenvalue weighted by Crippen LogP contribution is -2.28. The summed E-state index contributed by atoms with van der Waals surface area (Å²) in [4.78, 5) is 34.1. The third-order valence-electron chi connectivity index (χ3n) is 9.25. The van der Waals surface area contributed by atoms with Crippen LogP contribution in [0.4, 0.5) is 0 Å². The molecule has 2 aromatic rings. The fourth-order valence-corrected chi connectivity index (χ4v) is 8.55. The Morgan fingerprint density at radius 1 is 0.540 bits per heavy atom. The van der Waals surface area contributed by atoms with Crippen molar-refractivity contribution in [3.63, 3.8) is 0 Å². The van der Waals surface area contributed by atoms with E-state index in [1.165, 1.54) is 128 Å². The van der Waals surface area contributed by atoms with Gasteiger partial charge in [-0.15, -0.1) is 0 Å². The largest absolute Gasteiger partial charge is 0.425 e. The first-order chi connectivity index (χ1) is 24.5. The highest BCUT2D eigenvalue weighted by molar-refractivity contribution is 8.00. The third kappa shape index (κ3) is 20.2. The Morgan fingerprint density at radius 3 is 1.18 bits per heavy atom. The molecule has 0 fully saturated rings. The zero-order chi connectivity index (χ0) is 36.1. The molecule has 2 atom stereocenters. The topological polar surface area (TPSA) is 88.2 Å². The van der Waals surface area contributed by atoms with Gasteiger partial charge in [0.05, 0.1) is 0 Å². The van der Waals surface area contributed by atoms with E-state index in [4.69, 9.17) is 9.47 Å². The van der Waals surface area contributed by atoms with Gasteiger partial charge in [-0.25, -0.2) is 19.6 Å². The number of aromatic nitrogens is 4. The van der Waals surface area contributed by atoms with Crippen LogP contribution in [0.2, 0.25) is 0 Å². The molecule has 0 bridgehead atoms. The summed E-state index contributed by atoms with van der Waals surface area (Å²) in [5.74, 6) is -0.151. The van der Waals surface area contributed by atoms with Crippen LogP contribution < -0.4 is 9.47 Å². The first-order valence-corrected chi connectivity index (χ1v) is 22.3. The number of carbonyl (C=O) groups excluding carboxylic acids is 2. The summed E-state index contributed by atoms with van der Waals surface area (Å²) in [6.07, 6.45) is 35.4. The van der Waals surface area contributed by atoms with Gasteiger partial charge in [0.25, 0.3) is 0 Å². The number of esters is 2. The van der Waals surface area contributed by atoms with Gasteiger partial charge in [-0.1, -0.05) is 156 Å². The van der Waals surface area contributed by atoms with Gasteiger partial charge in [0.2, 0.25) is 0 Å². The maximum atomic E-state index is 12.8. The van der Waals surface area contributed by atoms with Crippen LogP contribution in [-0.2, 0) is 22.7 Å². The third-order valence-corrected chi connectivity index (χ3v) is 11.6. The molecule has 2 rings (SSSR count). The minimum Gasteiger partial charge on any atom is -0.383 e. The first-order valence-electron chi connectivity index (χ1n) is 20.2. The van der Waals surface area contributed by atoms with Crippen LogP contribution in [0.5, 0.6) is 12.0 Å². The maximum Gasteiger partial charge on any atom is 0.425 e. The Kier molecular flexibility index (Phi) is 26.2. The second kappa shape index (κ2) is 29.6. The first kappa shape index (κ1) is 44.2. The lowest BCUT2D eigenvalue weighted by molar-refractivity contribution is -0.157. The monoisotopic (exact) mass is 734 g/mol. The Balaban J connectivity index is 1.76. The predicted octanol–water partition coefficient (Wildman–Crippen LogP) is 11.5. The number of hydrogen-bond acceptors (Lipinski definition) is 8. The predicted molar refractivity (Wildman–Crippen MR) is 212 cm³/mol. The van der Waals surface area contributed by atoms with Crippen LogP contribution in [-0.4, -0.2) is 53.0 Å². The quantitative estimate of drug-likeness (QED) is 0.0417. The molecule has 0 radical (unpaired) electrons. The number of unbranched alkanes of at least 4 members (excludes halogenated alkanes) is 18. The molecule has 10 heteroatoms. The fraction of sp³-hybridized carbons (Fsp3) is 0.800. The molecule has 50 heavy (non-hydrogen) atoms. The fourth-order valence-electron chi connectivity index (χ4n) is 6.41. The van der Waals surface area contributed by atoms with E-state index in [1.54, 1.807) is 12.4 Å². The van der Waals surface area contributed by atoms with Crippen LogP contribution in [0.1, 0.15) is 169 Å². The molecule has 0 saturated carbocycles. The molecule has 8 nitrogen and oxygen atoms in total. The van der Waals surface area contributed by atoms with Gasteiger partial charge in [-0.05, 0) is 24.3 Å². The van der Waals surface area contributed by atoms with E-state index >= 15 is 0 Å². The van der Waals surface area contributed by atoms with Gasteiger partial charge in [-0.3, -0.25) is 9.13 Å². The van der Waals surface area contributed by atoms with Crippen molar-refractivity contribution in [1.82, 2.24) is 19.1 Å². The van der Waals surface area contributed by atoms with Gasteiger partial charge < -0.3 is 9.47 Å². The lowest BCUT2D eigenvalue weighted by Gasteiger charge is -2.18. The average Bonchev–Trinajstić information content (AvgIpc) is 3.74. The van der Waals surface area contributed by atoms with E-state index in [2.05, 4.69) is 37.7 Å². The van der Waals surface area contributed by atoms with Crippen molar-refractivity contribution in [2.75, 3.05) is 11.5 Å². The maximum absolute atomic E-state index is 12.8. The number of nitrogens with zero attached hydrogens (tertiary/aromatic N) is 4. The zero-order valence-electron chi connectivity index (χ0n) is 32.1. The Morgan fingerprint density at radius 2 is 0.860 bits per heavy atom. The van der Waals surface area contributed by atoms with Crippen molar-refractivity contribution >= 4 is 35.5 Å². The van der Waals surface area contributed by atoms with Crippen molar-refractivity contribution in [2.24, 2.45) is 0 Å². The summed E-state index contributed by atoms with van der Waals surface area (Å²) in [5, 5.41) is 0.767. The summed E-state index contributed by atoms with van der Waals surface area (Å²) in [6.45, 7) is 10.2. The molecule has 0 amide bonds. The molecule has 0 aromatic carbocycles. The smallest absolute Gasteiger partial charge is 0.383 e. The van der Waals surface area contributed by atoms with Gasteiger partial charge >= 0.3 is 24.0 Å². The second-order valence-corrected chi connectivity index (χ2v) is 16.8. The summed E-state index contributed by atoms with van der Waals surface area (Å²) in [6, 6.07) is 0.243. The number of ether oxygens (including phenoxy) is 2. The molecule has 2 heterocycles. The highest BCUT2D eigenvalue weighted by atomic mass is 32.2. The van der Waals surface area contributed by atoms with Crippen LogP contribution in [0.15, 0.2) is 24.8 Å². The summed E-state index contributed by atoms with van der Waals surface area (Å²) in [7, 11) is 0. The molecule has 0 spiro atoms. The molecule has 0 N–H and O–H groups in total. The van der Waals surface area contributed by atoms with Crippen LogP contribution in [0, 0.1) is 0 Å². The summed E-state index contributed by atoms with van der Waals surface area (Å²) < 4.78 is 14.5. The number of rotatable bonds is 32. The van der Waals surface area contributed by atoms with Gasteiger partial charge in [-0.2, -0.15) is 23.5 Å². The summed E-state index contributed by atoms with van der Waals surface area (Å²) in [5.41, 5.74) is 0. The van der Waals surface area contributed by atoms with Gasteiger partial charge in [0, 0.05) is 48.4 Å². The Hall–Kier alpha value is -1.94. The zero-order valence-corrected chi connectivity index (χ0v) is 33.7. The minimum absolute atomic E-state index is 0.121. The van der Waals surface area contributed by atoms with Crippen LogP contribution >= 0.6 is 23.5 Å². The van der Waals surface area contributed by atoms with Crippen LogP contribution in [0.3, 0.4) is 0 Å². The summed E-state index contributed by atoms with van der Waals surface area (Å²) >= 11 is 3.84. The number of hydrogen-bond donors (Lipinski definition) is 0. The lowest BCUT2D eigenvalue weighted by atomic mass is 10.1. The molecular formula is C40H70N4O4S2. The molecule has 0 aliphatic carbocycles. The number of thioether (sulfide) groups is 2. The normalized spacial score (nSPS) is 12.6. The van der Waals surface area contributed by atoms with E-state index in [-0.39, 0.29) is 12.0 Å². The van der Waals surface area contributed by atoms with E-state index in [0.717, 1.165) is 24.3 Å². The van der Waals surface area contributed by atoms with Crippen molar-refractivity contribution in [3.05, 3.63) is 24.8 Å². The van der Waals surface area contributed by atoms with E-state index in [1.807, 2.05) is 45.1 Å². The van der Waals surface area contributed by atoms with Gasteiger partial charge in [0.15, 0.2) is 0 Å². The molecule has 0 saturated heterocycles. The van der Waals surface area contributed by atoms with Gasteiger partial charge in [0.1, 0.15) is 0 Å². The SMILES string of the molecule is CCCCCCCCCCCCC(Cn1ccnc1OC(=O)C(=O)Oc1nccn1CC(CCCCCCCCCCCC)SCC)SCC. The standard InChI is InChI=1S/C40H70N4O4S2/c1-5-9-11-13-15-17-19-21-23-25-27-35(49-7-3)33-43-31-29-41-39(43)47-37(45)38(46)48-40-42-30-32-44(40)34-36(50-8-4)28-26-24-22-20-18-16-14-12-10-6-2/h29-32,35-36H,5-28,33-34H2,1-4H3. The Labute approximate surface area is 313 Å². The second-order valence-electron chi connectivity index (χ2n) is 13.6. The van der Waals surface area contributed by atoms with Crippen molar-refractivity contribution < 1.29 is 19.1 Å². The molecule has 286 valence electrons. The van der Waals surface area contributed by atoms with E-state index in [9.17, 15) is 9.59 Å². The van der Waals surface area contributed by atoms with E-state index in [0.29, 0.717) is 23.6 Å². The van der Waals surface area contributed by atoms with Crippen molar-refractivity contribution in [2.45, 2.75) is 193 Å². The molecule has 2 aromatic heterocycles. The molecule has 0 aliphatic heterocycles. The number of carbonyl (C=O) groups is 2. The Bertz CT molecular complexity index is 1040. The molecule has 2 unspecified atom stereocenters. The highest BCUT2D eigenvalue weighted by Gasteiger charge is 2.25. The van der Waals surface area contributed by atoms with E-state index < -0.39 is 11.9 Å². The van der Waals surface area contributed by atoms with Crippen molar-refractivity contribution in [3.8, 4) is 12.0 Å². The van der Waals surface area contributed by atoms with Crippen LogP contribution in [0.25, 0.3) is 0 Å².